The van der Waals surface area contributed by atoms with Crippen LogP contribution >= 0.6 is 38.8 Å². The predicted octanol–water partition coefficient (Wildman–Crippen LogP) is 3.08. The molecule has 1 aliphatic carbocycles. The lowest BCUT2D eigenvalue weighted by molar-refractivity contribution is 0.0952. The monoisotopic (exact) mass is 386 g/mol. The van der Waals surface area contributed by atoms with Crippen molar-refractivity contribution in [3.05, 3.63) is 26.4 Å². The first kappa shape index (κ1) is 14.8. The number of nitrogens with two attached hydrogens (primary N) is 1. The molecule has 0 spiro atoms. The molecule has 1 aliphatic rings. The zero-order chi connectivity index (χ0) is 15.0. The zero-order valence-electron chi connectivity index (χ0n) is 11.4. The summed E-state index contributed by atoms with van der Waals surface area (Å²) in [5.74, 6) is 0.198. The maximum absolute atomic E-state index is 12.3. The van der Waals surface area contributed by atoms with Crippen molar-refractivity contribution < 1.29 is 4.79 Å². The average Bonchev–Trinajstić information content (AvgIpc) is 3.01. The minimum absolute atomic E-state index is 0.114. The highest BCUT2D eigenvalue weighted by atomic mass is 79.9. The second kappa shape index (κ2) is 5.94. The van der Waals surface area contributed by atoms with Gasteiger partial charge in [-0.25, -0.2) is 0 Å². The number of nitrogens with zero attached hydrogens (tertiary/aromatic N) is 2. The molecule has 2 aromatic heterocycles. The standard InChI is InChI=1S/C13H15BrN4OS2/c1-18(5-7-4-9(14)20-6-7)13-10(11(15)17-21-13)12(19)16-8-2-3-8/h4,6,8H,2-3,5H2,1H3,(H2,15,17)(H,16,19). The number of nitrogens with one attached hydrogen (secondary N) is 1. The predicted molar refractivity (Wildman–Crippen MR) is 91.1 cm³/mol. The topological polar surface area (TPSA) is 71.2 Å². The maximum atomic E-state index is 12.3. The summed E-state index contributed by atoms with van der Waals surface area (Å²) in [5, 5.41) is 5.88. The van der Waals surface area contributed by atoms with Gasteiger partial charge < -0.3 is 16.0 Å². The number of thiophene rings is 1. The van der Waals surface area contributed by atoms with Crippen LogP contribution in [0.25, 0.3) is 0 Å². The molecule has 5 nitrogen and oxygen atoms in total. The number of hydrogen-bond donors (Lipinski definition) is 2. The smallest absolute Gasteiger partial charge is 0.258 e. The fourth-order valence-electron chi connectivity index (χ4n) is 2.03. The minimum atomic E-state index is -0.114. The largest absolute Gasteiger partial charge is 0.382 e. The summed E-state index contributed by atoms with van der Waals surface area (Å²) in [6.07, 6.45) is 2.11. The number of halogens is 1. The van der Waals surface area contributed by atoms with Crippen molar-refractivity contribution >= 4 is 55.5 Å². The number of aromatic nitrogens is 1. The van der Waals surface area contributed by atoms with Gasteiger partial charge in [0.05, 0.1) is 3.79 Å². The van der Waals surface area contributed by atoms with E-state index in [1.807, 2.05) is 11.9 Å². The van der Waals surface area contributed by atoms with Crippen molar-refractivity contribution in [2.75, 3.05) is 17.7 Å². The number of anilines is 2. The van der Waals surface area contributed by atoms with E-state index in [1.165, 1.54) is 17.1 Å². The summed E-state index contributed by atoms with van der Waals surface area (Å²) in [6, 6.07) is 2.39. The van der Waals surface area contributed by atoms with E-state index in [2.05, 4.69) is 37.1 Å². The van der Waals surface area contributed by atoms with Gasteiger partial charge >= 0.3 is 0 Å². The quantitative estimate of drug-likeness (QED) is 0.827. The Kier molecular flexibility index (Phi) is 4.19. The van der Waals surface area contributed by atoms with E-state index in [4.69, 9.17) is 5.73 Å². The molecule has 1 fully saturated rings. The van der Waals surface area contributed by atoms with Crippen LogP contribution in [-0.2, 0) is 6.54 Å². The third kappa shape index (κ3) is 3.38. The van der Waals surface area contributed by atoms with Crippen LogP contribution in [0.15, 0.2) is 15.2 Å². The van der Waals surface area contributed by atoms with Crippen LogP contribution in [0.3, 0.4) is 0 Å². The molecule has 3 N–H and O–H groups in total. The highest BCUT2D eigenvalue weighted by Crippen LogP contribution is 2.32. The molecule has 1 amide bonds. The SMILES string of the molecule is CN(Cc1csc(Br)c1)c1snc(N)c1C(=O)NC1CC1. The van der Waals surface area contributed by atoms with Crippen molar-refractivity contribution in [3.8, 4) is 0 Å². The Morgan fingerprint density at radius 3 is 3.00 bits per heavy atom. The summed E-state index contributed by atoms with van der Waals surface area (Å²) >= 11 is 6.38. The Morgan fingerprint density at radius 2 is 2.38 bits per heavy atom. The van der Waals surface area contributed by atoms with Gasteiger partial charge in [0.1, 0.15) is 10.6 Å². The van der Waals surface area contributed by atoms with Gasteiger partial charge in [0.2, 0.25) is 0 Å². The van der Waals surface area contributed by atoms with Crippen LogP contribution in [0.2, 0.25) is 0 Å². The number of rotatable bonds is 5. The second-order valence-corrected chi connectivity index (χ2v) is 8.15. The number of carbonyl (C=O) groups excluding carboxylic acids is 1. The van der Waals surface area contributed by atoms with Crippen LogP contribution in [0.1, 0.15) is 28.8 Å². The van der Waals surface area contributed by atoms with E-state index >= 15 is 0 Å². The average molecular weight is 387 g/mol. The third-order valence-electron chi connectivity index (χ3n) is 3.23. The first-order valence-corrected chi connectivity index (χ1v) is 8.99. The van der Waals surface area contributed by atoms with E-state index in [9.17, 15) is 4.79 Å². The van der Waals surface area contributed by atoms with Gasteiger partial charge in [-0.05, 0) is 57.3 Å². The molecule has 1 saturated carbocycles. The highest BCUT2D eigenvalue weighted by Gasteiger charge is 2.28. The number of nitrogen functional groups attached to an aromatic ring is 1. The number of carbonyl (C=O) groups is 1. The number of hydrogen-bond acceptors (Lipinski definition) is 6. The van der Waals surface area contributed by atoms with Gasteiger partial charge in [0.15, 0.2) is 5.82 Å². The Bertz CT molecular complexity index is 665. The molecule has 21 heavy (non-hydrogen) atoms. The normalized spacial score (nSPS) is 14.2. The summed E-state index contributed by atoms with van der Waals surface area (Å²) in [4.78, 5) is 14.3. The summed E-state index contributed by atoms with van der Waals surface area (Å²) < 4.78 is 5.24. The fourth-order valence-corrected chi connectivity index (χ4v) is 4.00. The van der Waals surface area contributed by atoms with Gasteiger partial charge in [-0.2, -0.15) is 4.37 Å². The number of amides is 1. The molecule has 112 valence electrons. The first-order chi connectivity index (χ1) is 10.0. The Balaban J connectivity index is 1.78. The molecule has 0 atom stereocenters. The molecule has 0 aliphatic heterocycles. The van der Waals surface area contributed by atoms with Gasteiger partial charge in [0, 0.05) is 19.6 Å². The summed E-state index contributed by atoms with van der Waals surface area (Å²) in [7, 11) is 1.95. The van der Waals surface area contributed by atoms with Crippen LogP contribution < -0.4 is 16.0 Å². The molecule has 0 bridgehead atoms. The van der Waals surface area contributed by atoms with Crippen molar-refractivity contribution in [1.82, 2.24) is 9.69 Å². The van der Waals surface area contributed by atoms with Crippen LogP contribution in [0.5, 0.6) is 0 Å². The fraction of sp³-hybridized carbons (Fsp3) is 0.385. The van der Waals surface area contributed by atoms with E-state index in [0.717, 1.165) is 21.6 Å². The molecular formula is C13H15BrN4OS2. The first-order valence-electron chi connectivity index (χ1n) is 6.54. The molecule has 0 aromatic carbocycles. The molecule has 0 saturated heterocycles. The van der Waals surface area contributed by atoms with Crippen LogP contribution in [0.4, 0.5) is 10.8 Å². The highest BCUT2D eigenvalue weighted by molar-refractivity contribution is 9.11. The van der Waals surface area contributed by atoms with Crippen molar-refractivity contribution in [3.63, 3.8) is 0 Å². The third-order valence-corrected chi connectivity index (χ3v) is 5.76. The lowest BCUT2D eigenvalue weighted by Gasteiger charge is -2.17. The summed E-state index contributed by atoms with van der Waals surface area (Å²) in [5.41, 5.74) is 7.57. The molecule has 0 unspecified atom stereocenters. The van der Waals surface area contributed by atoms with E-state index in [1.54, 1.807) is 11.3 Å². The van der Waals surface area contributed by atoms with E-state index in [-0.39, 0.29) is 5.91 Å². The maximum Gasteiger partial charge on any atom is 0.258 e. The van der Waals surface area contributed by atoms with E-state index in [0.29, 0.717) is 24.0 Å². The lowest BCUT2D eigenvalue weighted by Crippen LogP contribution is -2.28. The van der Waals surface area contributed by atoms with Gasteiger partial charge in [-0.15, -0.1) is 11.3 Å². The minimum Gasteiger partial charge on any atom is -0.382 e. The van der Waals surface area contributed by atoms with Crippen molar-refractivity contribution in [2.45, 2.75) is 25.4 Å². The Hall–Kier alpha value is -1.12. The molecule has 2 aromatic rings. The lowest BCUT2D eigenvalue weighted by atomic mass is 10.2. The molecule has 3 rings (SSSR count). The Labute approximate surface area is 139 Å². The molecular weight excluding hydrogens is 372 g/mol. The van der Waals surface area contributed by atoms with Crippen LogP contribution in [0, 0.1) is 0 Å². The Morgan fingerprint density at radius 1 is 1.62 bits per heavy atom. The zero-order valence-corrected chi connectivity index (χ0v) is 14.6. The van der Waals surface area contributed by atoms with Crippen molar-refractivity contribution in [1.29, 1.82) is 0 Å². The molecule has 8 heteroatoms. The second-order valence-electron chi connectivity index (χ2n) is 5.11. The van der Waals surface area contributed by atoms with Crippen LogP contribution in [-0.4, -0.2) is 23.4 Å². The van der Waals surface area contributed by atoms with E-state index < -0.39 is 0 Å². The van der Waals surface area contributed by atoms with Gasteiger partial charge in [-0.3, -0.25) is 4.79 Å². The van der Waals surface area contributed by atoms with Crippen molar-refractivity contribution in [2.24, 2.45) is 0 Å². The summed E-state index contributed by atoms with van der Waals surface area (Å²) in [6.45, 7) is 0.716. The molecule has 2 heterocycles. The molecule has 0 radical (unpaired) electrons. The van der Waals surface area contributed by atoms with Gasteiger partial charge in [-0.1, -0.05) is 0 Å². The van der Waals surface area contributed by atoms with Gasteiger partial charge in [0.25, 0.3) is 5.91 Å².